The third-order valence-electron chi connectivity index (χ3n) is 2.78. The van der Waals surface area contributed by atoms with Gasteiger partial charge in [0, 0.05) is 21.9 Å². The van der Waals surface area contributed by atoms with E-state index >= 15 is 0 Å². The average molecular weight is 335 g/mol. The Morgan fingerprint density at radius 1 is 1.50 bits per heavy atom. The predicted molar refractivity (Wildman–Crippen MR) is 71.2 cm³/mol. The summed E-state index contributed by atoms with van der Waals surface area (Å²) in [5.74, 6) is -0.185. The summed E-state index contributed by atoms with van der Waals surface area (Å²) in [6, 6.07) is 5.28. The van der Waals surface area contributed by atoms with E-state index in [9.17, 15) is 4.39 Å². The minimum atomic E-state index is -0.185. The molecule has 2 rings (SSSR count). The van der Waals surface area contributed by atoms with Crippen LogP contribution < -0.4 is 5.32 Å². The normalized spacial score (nSPS) is 25.4. The van der Waals surface area contributed by atoms with E-state index in [-0.39, 0.29) is 5.82 Å². The number of halogens is 2. The van der Waals surface area contributed by atoms with Crippen LogP contribution in [0.3, 0.4) is 0 Å². The van der Waals surface area contributed by atoms with E-state index in [1.807, 2.05) is 0 Å². The monoisotopic (exact) mass is 335 g/mol. The lowest BCUT2D eigenvalue weighted by Gasteiger charge is -2.29. The number of benzene rings is 1. The van der Waals surface area contributed by atoms with Gasteiger partial charge in [0.2, 0.25) is 0 Å². The van der Waals surface area contributed by atoms with Crippen molar-refractivity contribution in [3.8, 4) is 0 Å². The zero-order chi connectivity index (χ0) is 11.5. The van der Waals surface area contributed by atoms with Gasteiger partial charge in [0.1, 0.15) is 5.82 Å². The van der Waals surface area contributed by atoms with Gasteiger partial charge in [0.15, 0.2) is 0 Å². The van der Waals surface area contributed by atoms with E-state index < -0.39 is 0 Å². The van der Waals surface area contributed by atoms with E-state index in [1.54, 1.807) is 12.1 Å². The molecular weight excluding hydrogens is 320 g/mol. The van der Waals surface area contributed by atoms with Gasteiger partial charge in [-0.05, 0) is 60.6 Å². The number of hydrogen-bond donors (Lipinski definition) is 1. The molecule has 0 aliphatic carbocycles. The summed E-state index contributed by atoms with van der Waals surface area (Å²) in [6.45, 7) is 2.89. The van der Waals surface area contributed by atoms with Gasteiger partial charge in [-0.1, -0.05) is 0 Å². The largest absolute Gasteiger partial charge is 0.381 e. The van der Waals surface area contributed by atoms with Crippen molar-refractivity contribution in [2.45, 2.75) is 31.9 Å². The Kier molecular flexibility index (Phi) is 4.02. The number of hydrogen-bond acceptors (Lipinski definition) is 2. The molecule has 1 aromatic carbocycles. The van der Waals surface area contributed by atoms with Gasteiger partial charge in [-0.25, -0.2) is 4.39 Å². The first-order chi connectivity index (χ1) is 7.65. The van der Waals surface area contributed by atoms with Gasteiger partial charge >= 0.3 is 0 Å². The van der Waals surface area contributed by atoms with E-state index in [2.05, 4.69) is 34.8 Å². The Labute approximate surface area is 109 Å². The van der Waals surface area contributed by atoms with Crippen LogP contribution in [-0.2, 0) is 4.74 Å². The molecule has 0 radical (unpaired) electrons. The molecule has 1 aliphatic rings. The lowest BCUT2D eigenvalue weighted by atomic mass is 10.0. The lowest BCUT2D eigenvalue weighted by molar-refractivity contribution is 0.0232. The van der Waals surface area contributed by atoms with Crippen molar-refractivity contribution in [1.82, 2.24) is 0 Å². The van der Waals surface area contributed by atoms with Crippen LogP contribution in [-0.4, -0.2) is 18.8 Å². The van der Waals surface area contributed by atoms with Crippen LogP contribution in [0.2, 0.25) is 0 Å². The van der Waals surface area contributed by atoms with Crippen molar-refractivity contribution >= 4 is 28.3 Å². The predicted octanol–water partition coefficient (Wildman–Crippen LogP) is 3.41. The fourth-order valence-corrected chi connectivity index (χ4v) is 2.59. The Morgan fingerprint density at radius 3 is 3.00 bits per heavy atom. The molecule has 1 fully saturated rings. The van der Waals surface area contributed by atoms with Crippen molar-refractivity contribution in [3.05, 3.63) is 27.6 Å². The Morgan fingerprint density at radius 2 is 2.31 bits per heavy atom. The number of nitrogens with one attached hydrogen (secondary N) is 1. The van der Waals surface area contributed by atoms with Gasteiger partial charge < -0.3 is 10.1 Å². The Hall–Kier alpha value is -0.360. The summed E-state index contributed by atoms with van der Waals surface area (Å²) in [5, 5.41) is 3.45. The first kappa shape index (κ1) is 12.1. The van der Waals surface area contributed by atoms with Crippen LogP contribution in [0.1, 0.15) is 19.8 Å². The fourth-order valence-electron chi connectivity index (χ4n) is 1.96. The summed E-state index contributed by atoms with van der Waals surface area (Å²) in [7, 11) is 0. The molecule has 1 saturated heterocycles. The first-order valence-corrected chi connectivity index (χ1v) is 6.56. The molecule has 4 heteroatoms. The third kappa shape index (κ3) is 3.07. The highest BCUT2D eigenvalue weighted by Gasteiger charge is 2.19. The average Bonchev–Trinajstić information content (AvgIpc) is 2.22. The molecule has 0 aromatic heterocycles. The van der Waals surface area contributed by atoms with Crippen molar-refractivity contribution in [2.24, 2.45) is 0 Å². The minimum Gasteiger partial charge on any atom is -0.381 e. The van der Waals surface area contributed by atoms with Crippen LogP contribution >= 0.6 is 22.6 Å². The van der Waals surface area contributed by atoms with Crippen LogP contribution in [0.15, 0.2) is 18.2 Å². The van der Waals surface area contributed by atoms with E-state index in [0.717, 1.165) is 28.7 Å². The SMILES string of the molecule is CC1CC(Nc2ccc(F)cc2I)CCO1. The van der Waals surface area contributed by atoms with Crippen molar-refractivity contribution in [2.75, 3.05) is 11.9 Å². The molecule has 2 atom stereocenters. The van der Waals surface area contributed by atoms with Gasteiger partial charge in [-0.15, -0.1) is 0 Å². The molecule has 0 spiro atoms. The summed E-state index contributed by atoms with van der Waals surface area (Å²) >= 11 is 2.15. The third-order valence-corrected chi connectivity index (χ3v) is 3.67. The second-order valence-corrected chi connectivity index (χ2v) is 5.33. The molecule has 88 valence electrons. The smallest absolute Gasteiger partial charge is 0.124 e. The maximum absolute atomic E-state index is 12.9. The second-order valence-electron chi connectivity index (χ2n) is 4.17. The van der Waals surface area contributed by atoms with Gasteiger partial charge in [0.25, 0.3) is 0 Å². The quantitative estimate of drug-likeness (QED) is 0.837. The molecule has 2 nitrogen and oxygen atoms in total. The first-order valence-electron chi connectivity index (χ1n) is 5.48. The van der Waals surface area contributed by atoms with Gasteiger partial charge in [-0.2, -0.15) is 0 Å². The zero-order valence-corrected chi connectivity index (χ0v) is 11.3. The summed E-state index contributed by atoms with van der Waals surface area (Å²) in [4.78, 5) is 0. The molecule has 1 heterocycles. The molecule has 1 aromatic rings. The molecule has 0 amide bonds. The summed E-state index contributed by atoms with van der Waals surface area (Å²) < 4.78 is 19.4. The maximum atomic E-state index is 12.9. The second kappa shape index (κ2) is 5.31. The van der Waals surface area contributed by atoms with Gasteiger partial charge in [-0.3, -0.25) is 0 Å². The molecule has 1 aliphatic heterocycles. The highest BCUT2D eigenvalue weighted by molar-refractivity contribution is 14.1. The number of ether oxygens (including phenoxy) is 1. The molecule has 1 N–H and O–H groups in total. The van der Waals surface area contributed by atoms with Crippen LogP contribution in [0.5, 0.6) is 0 Å². The van der Waals surface area contributed by atoms with E-state index in [4.69, 9.17) is 4.74 Å². The van der Waals surface area contributed by atoms with Gasteiger partial charge in [0.05, 0.1) is 6.10 Å². The lowest BCUT2D eigenvalue weighted by Crippen LogP contribution is -2.32. The van der Waals surface area contributed by atoms with Crippen LogP contribution in [0.25, 0.3) is 0 Å². The highest BCUT2D eigenvalue weighted by Crippen LogP contribution is 2.23. The molecule has 2 unspecified atom stereocenters. The molecule has 0 saturated carbocycles. The fraction of sp³-hybridized carbons (Fsp3) is 0.500. The van der Waals surface area contributed by atoms with Crippen molar-refractivity contribution in [1.29, 1.82) is 0 Å². The topological polar surface area (TPSA) is 21.3 Å². The standard InChI is InChI=1S/C12H15FINO/c1-8-6-10(4-5-16-8)15-12-3-2-9(13)7-11(12)14/h2-3,7-8,10,15H,4-6H2,1H3. The number of rotatable bonds is 2. The Bertz CT molecular complexity index is 372. The Balaban J connectivity index is 2.02. The summed E-state index contributed by atoms with van der Waals surface area (Å²) in [5.41, 5.74) is 1.01. The zero-order valence-electron chi connectivity index (χ0n) is 9.17. The van der Waals surface area contributed by atoms with E-state index in [0.29, 0.717) is 12.1 Å². The maximum Gasteiger partial charge on any atom is 0.124 e. The highest BCUT2D eigenvalue weighted by atomic mass is 127. The van der Waals surface area contributed by atoms with E-state index in [1.165, 1.54) is 6.07 Å². The summed E-state index contributed by atoms with van der Waals surface area (Å²) in [6.07, 6.45) is 2.33. The van der Waals surface area contributed by atoms with Crippen molar-refractivity contribution < 1.29 is 9.13 Å². The molecular formula is C12H15FINO. The molecule has 0 bridgehead atoms. The number of anilines is 1. The van der Waals surface area contributed by atoms with Crippen molar-refractivity contribution in [3.63, 3.8) is 0 Å². The van der Waals surface area contributed by atoms with Crippen LogP contribution in [0.4, 0.5) is 10.1 Å². The molecule has 16 heavy (non-hydrogen) atoms. The minimum absolute atomic E-state index is 0.185. The van der Waals surface area contributed by atoms with Crippen LogP contribution in [0, 0.1) is 9.39 Å².